The average Bonchev–Trinajstić information content (AvgIpc) is 2.72. The minimum absolute atomic E-state index is 0.0916. The third-order valence-corrected chi connectivity index (χ3v) is 4.91. The molecule has 102 valence electrons. The van der Waals surface area contributed by atoms with E-state index in [9.17, 15) is 4.79 Å². The highest BCUT2D eigenvalue weighted by Crippen LogP contribution is 2.46. The molecule has 0 aliphatic heterocycles. The van der Waals surface area contributed by atoms with E-state index < -0.39 is 0 Å². The highest BCUT2D eigenvalue weighted by molar-refractivity contribution is 9.11. The van der Waals surface area contributed by atoms with E-state index in [-0.39, 0.29) is 5.91 Å². The van der Waals surface area contributed by atoms with Gasteiger partial charge in [0.05, 0.1) is 5.69 Å². The molecule has 1 aliphatic carbocycles. The van der Waals surface area contributed by atoms with E-state index in [4.69, 9.17) is 5.73 Å². The summed E-state index contributed by atoms with van der Waals surface area (Å²) in [4.78, 5) is 11.3. The fourth-order valence-corrected chi connectivity index (χ4v) is 4.04. The number of carbonyl (C=O) groups excluding carboxylic acids is 1. The van der Waals surface area contributed by atoms with Crippen molar-refractivity contribution in [3.63, 3.8) is 0 Å². The molecule has 0 saturated heterocycles. The summed E-state index contributed by atoms with van der Waals surface area (Å²) in [5, 5.41) is 2.85. The molecule has 0 spiro atoms. The smallest absolute Gasteiger partial charge is 0.221 e. The van der Waals surface area contributed by atoms with Crippen molar-refractivity contribution >= 4 is 49.1 Å². The molecule has 1 amide bonds. The first-order chi connectivity index (χ1) is 9.47. The lowest BCUT2D eigenvalue weighted by molar-refractivity contribution is -0.114. The summed E-state index contributed by atoms with van der Waals surface area (Å²) in [6, 6.07) is 8.02. The zero-order chi connectivity index (χ0) is 14.4. The molecule has 2 aromatic rings. The van der Waals surface area contributed by atoms with Crippen molar-refractivity contribution in [2.24, 2.45) is 0 Å². The van der Waals surface area contributed by atoms with Crippen molar-refractivity contribution in [3.8, 4) is 11.1 Å². The SMILES string of the molecule is CC(=O)Nc1c(Br)cc2c(c1Br)Cc1cc(N)ccc1-2. The van der Waals surface area contributed by atoms with Gasteiger partial charge in [-0.25, -0.2) is 0 Å². The molecule has 0 radical (unpaired) electrons. The van der Waals surface area contributed by atoms with Crippen LogP contribution in [0.1, 0.15) is 18.1 Å². The number of nitrogens with one attached hydrogen (secondary N) is 1. The summed E-state index contributed by atoms with van der Waals surface area (Å²) in [5.41, 5.74) is 12.2. The third-order valence-electron chi connectivity index (χ3n) is 3.41. The molecule has 3 nitrogen and oxygen atoms in total. The van der Waals surface area contributed by atoms with Gasteiger partial charge in [0.15, 0.2) is 0 Å². The van der Waals surface area contributed by atoms with E-state index in [0.717, 1.165) is 26.7 Å². The fraction of sp³-hybridized carbons (Fsp3) is 0.133. The van der Waals surface area contributed by atoms with Gasteiger partial charge in [0, 0.05) is 21.6 Å². The first-order valence-corrected chi connectivity index (χ1v) is 7.73. The number of hydrogen-bond acceptors (Lipinski definition) is 2. The lowest BCUT2D eigenvalue weighted by atomic mass is 10.1. The first-order valence-electron chi connectivity index (χ1n) is 6.14. The summed E-state index contributed by atoms with van der Waals surface area (Å²) in [6.45, 7) is 1.50. The number of amides is 1. The van der Waals surface area contributed by atoms with Crippen molar-refractivity contribution < 1.29 is 4.79 Å². The van der Waals surface area contributed by atoms with Gasteiger partial charge in [-0.1, -0.05) is 6.07 Å². The first kappa shape index (κ1) is 13.6. The molecule has 2 aromatic carbocycles. The van der Waals surface area contributed by atoms with Gasteiger partial charge in [-0.2, -0.15) is 0 Å². The number of halogens is 2. The number of carbonyl (C=O) groups is 1. The van der Waals surface area contributed by atoms with Crippen molar-refractivity contribution in [1.82, 2.24) is 0 Å². The molecule has 0 heterocycles. The number of hydrogen-bond donors (Lipinski definition) is 2. The molecule has 20 heavy (non-hydrogen) atoms. The third kappa shape index (κ3) is 2.15. The number of nitrogen functional groups attached to an aromatic ring is 1. The van der Waals surface area contributed by atoms with Gasteiger partial charge < -0.3 is 11.1 Å². The molecule has 0 unspecified atom stereocenters. The summed E-state index contributed by atoms with van der Waals surface area (Å²) >= 11 is 7.14. The zero-order valence-corrected chi connectivity index (χ0v) is 13.9. The predicted molar refractivity (Wildman–Crippen MR) is 88.8 cm³/mol. The molecule has 3 rings (SSSR count). The van der Waals surface area contributed by atoms with Crippen LogP contribution in [-0.4, -0.2) is 5.91 Å². The van der Waals surface area contributed by atoms with E-state index in [1.54, 1.807) is 0 Å². The van der Waals surface area contributed by atoms with Crippen LogP contribution in [0.25, 0.3) is 11.1 Å². The molecule has 0 aromatic heterocycles. The molecule has 3 N–H and O–H groups in total. The Morgan fingerprint density at radius 2 is 2.00 bits per heavy atom. The van der Waals surface area contributed by atoms with Crippen LogP contribution in [-0.2, 0) is 11.2 Å². The van der Waals surface area contributed by atoms with Crippen LogP contribution in [0.3, 0.4) is 0 Å². The van der Waals surface area contributed by atoms with Crippen molar-refractivity contribution in [2.75, 3.05) is 11.1 Å². The topological polar surface area (TPSA) is 55.1 Å². The fourth-order valence-electron chi connectivity index (χ4n) is 2.58. The second kappa shape index (κ2) is 4.90. The maximum Gasteiger partial charge on any atom is 0.221 e. The second-order valence-electron chi connectivity index (χ2n) is 4.85. The normalized spacial score (nSPS) is 11.9. The van der Waals surface area contributed by atoms with Crippen LogP contribution in [0.15, 0.2) is 33.2 Å². The Hall–Kier alpha value is -1.33. The summed E-state index contributed by atoms with van der Waals surface area (Å²) in [6.07, 6.45) is 0.816. The Morgan fingerprint density at radius 3 is 2.70 bits per heavy atom. The molecular formula is C15H12Br2N2O. The summed E-state index contributed by atoms with van der Waals surface area (Å²) in [7, 11) is 0. The van der Waals surface area contributed by atoms with Crippen molar-refractivity contribution in [1.29, 1.82) is 0 Å². The van der Waals surface area contributed by atoms with Crippen LogP contribution in [0.2, 0.25) is 0 Å². The monoisotopic (exact) mass is 394 g/mol. The van der Waals surface area contributed by atoms with E-state index in [2.05, 4.69) is 37.2 Å². The molecular weight excluding hydrogens is 384 g/mol. The molecule has 5 heteroatoms. The Labute approximate surface area is 133 Å². The van der Waals surface area contributed by atoms with Crippen molar-refractivity contribution in [3.05, 3.63) is 44.3 Å². The molecule has 0 atom stereocenters. The number of benzene rings is 2. The number of rotatable bonds is 1. The lowest BCUT2D eigenvalue weighted by Crippen LogP contribution is -2.08. The quantitative estimate of drug-likeness (QED) is 0.602. The Bertz CT molecular complexity index is 741. The van der Waals surface area contributed by atoms with Crippen LogP contribution >= 0.6 is 31.9 Å². The number of fused-ring (bicyclic) bond motifs is 3. The van der Waals surface area contributed by atoms with Crippen LogP contribution in [0.4, 0.5) is 11.4 Å². The van der Waals surface area contributed by atoms with Gasteiger partial charge in [-0.3, -0.25) is 4.79 Å². The average molecular weight is 396 g/mol. The van der Waals surface area contributed by atoms with E-state index in [1.807, 2.05) is 24.3 Å². The molecule has 0 fully saturated rings. The lowest BCUT2D eigenvalue weighted by Gasteiger charge is -2.12. The molecule has 0 saturated carbocycles. The van der Waals surface area contributed by atoms with Gasteiger partial charge >= 0.3 is 0 Å². The van der Waals surface area contributed by atoms with E-state index >= 15 is 0 Å². The zero-order valence-electron chi connectivity index (χ0n) is 10.8. The predicted octanol–water partition coefficient (Wildman–Crippen LogP) is 4.32. The maximum absolute atomic E-state index is 11.3. The van der Waals surface area contributed by atoms with Gasteiger partial charge in [0.25, 0.3) is 0 Å². The number of nitrogens with two attached hydrogens (primary N) is 1. The van der Waals surface area contributed by atoms with E-state index in [1.165, 1.54) is 29.2 Å². The van der Waals surface area contributed by atoms with Gasteiger partial charge in [0.1, 0.15) is 0 Å². The standard InChI is InChI=1S/C15H12Br2N2O/c1-7(20)19-15-13(16)6-11-10-3-2-9(18)4-8(10)5-12(11)14(15)17/h2-4,6H,5,18H2,1H3,(H,19,20). The minimum Gasteiger partial charge on any atom is -0.399 e. The Balaban J connectivity index is 2.18. The van der Waals surface area contributed by atoms with E-state index in [0.29, 0.717) is 0 Å². The summed E-state index contributed by atoms with van der Waals surface area (Å²) in [5.74, 6) is -0.0916. The largest absolute Gasteiger partial charge is 0.399 e. The van der Waals surface area contributed by atoms with Crippen LogP contribution < -0.4 is 11.1 Å². The minimum atomic E-state index is -0.0916. The number of anilines is 2. The van der Waals surface area contributed by atoms with Gasteiger partial charge in [-0.15, -0.1) is 0 Å². The van der Waals surface area contributed by atoms with Gasteiger partial charge in [0.2, 0.25) is 5.91 Å². The molecule has 0 bridgehead atoms. The van der Waals surface area contributed by atoms with Crippen LogP contribution in [0.5, 0.6) is 0 Å². The van der Waals surface area contributed by atoms with Gasteiger partial charge in [-0.05, 0) is 78.7 Å². The highest BCUT2D eigenvalue weighted by atomic mass is 79.9. The van der Waals surface area contributed by atoms with Crippen LogP contribution in [0, 0.1) is 0 Å². The molecule has 1 aliphatic rings. The Morgan fingerprint density at radius 1 is 1.25 bits per heavy atom. The second-order valence-corrected chi connectivity index (χ2v) is 6.50. The summed E-state index contributed by atoms with van der Waals surface area (Å²) < 4.78 is 1.79. The van der Waals surface area contributed by atoms with Crippen molar-refractivity contribution in [2.45, 2.75) is 13.3 Å². The Kier molecular flexibility index (Phi) is 3.34. The maximum atomic E-state index is 11.3. The highest BCUT2D eigenvalue weighted by Gasteiger charge is 2.24.